The Balaban J connectivity index is 0.884. The molecule has 9 rings (SSSR count). The number of aryl methyl sites for hydroxylation is 2. The van der Waals surface area contributed by atoms with Crippen molar-refractivity contribution in [2.75, 3.05) is 31.2 Å². The number of phenols is 2. The van der Waals surface area contributed by atoms with E-state index in [2.05, 4.69) is 5.32 Å². The van der Waals surface area contributed by atoms with E-state index in [9.17, 15) is 39.0 Å². The molecule has 1 aliphatic carbocycles. The van der Waals surface area contributed by atoms with Gasteiger partial charge in [-0.1, -0.05) is 6.07 Å². The molecule has 6 aromatic rings. The number of anilines is 1. The van der Waals surface area contributed by atoms with Gasteiger partial charge in [-0.15, -0.1) is 0 Å². The van der Waals surface area contributed by atoms with Crippen LogP contribution < -0.4 is 25.3 Å². The summed E-state index contributed by atoms with van der Waals surface area (Å²) in [6.45, 7) is 4.96. The van der Waals surface area contributed by atoms with Crippen LogP contribution in [0.15, 0.2) is 100 Å². The second-order valence-corrected chi connectivity index (χ2v) is 17.2. The lowest BCUT2D eigenvalue weighted by Gasteiger charge is -2.36. The lowest BCUT2D eigenvalue weighted by Crippen LogP contribution is -2.39. The number of esters is 1. The van der Waals surface area contributed by atoms with Crippen LogP contribution in [0.3, 0.4) is 0 Å². The normalized spacial score (nSPS) is 17.8. The van der Waals surface area contributed by atoms with E-state index in [1.807, 2.05) is 0 Å². The Morgan fingerprint density at radius 1 is 0.779 bits per heavy atom. The molecule has 0 radical (unpaired) electrons. The number of ether oxygens (including phenoxy) is 5. The summed E-state index contributed by atoms with van der Waals surface area (Å²) in [4.78, 5) is 77.4. The van der Waals surface area contributed by atoms with Gasteiger partial charge in [0, 0.05) is 64.0 Å². The SMILES string of the molecule is Cc1cc(Oc2ccc3c(c2)Oc2cc(O)ccc2C32OC(=O)c3ccc(C(=O)CC4CCC(NC(=O)c5cc6ccc(N(CCOC=O)CCOC=O)cc6oc5=O)CC4)cc32)cc(C)c1O. The van der Waals surface area contributed by atoms with E-state index in [1.165, 1.54) is 18.2 Å². The van der Waals surface area contributed by atoms with Gasteiger partial charge in [0.2, 0.25) is 0 Å². The van der Waals surface area contributed by atoms with Crippen LogP contribution in [0.2, 0.25) is 0 Å². The number of hydrogen-bond donors (Lipinski definition) is 3. The van der Waals surface area contributed by atoms with Gasteiger partial charge in [-0.25, -0.2) is 9.59 Å². The number of phenolic OH excluding ortho intramolecular Hbond substituents is 2. The highest BCUT2D eigenvalue weighted by molar-refractivity contribution is 6.01. The van der Waals surface area contributed by atoms with Crippen LogP contribution in [-0.2, 0) is 29.4 Å². The fourth-order valence-corrected chi connectivity index (χ4v) is 9.44. The number of benzene rings is 5. The van der Waals surface area contributed by atoms with Gasteiger partial charge < -0.3 is 48.5 Å². The number of nitrogens with zero attached hydrogens (tertiary/aromatic N) is 1. The fraction of sp³-hybridized carbons (Fsp3) is 0.269. The van der Waals surface area contributed by atoms with Crippen molar-refractivity contribution in [3.05, 3.63) is 146 Å². The first kappa shape index (κ1) is 45.0. The Bertz CT molecular complexity index is 3030. The number of aromatic hydroxyl groups is 2. The van der Waals surface area contributed by atoms with Gasteiger partial charge in [0.1, 0.15) is 58.9 Å². The molecule has 5 aromatic carbocycles. The molecular formula is C52H46N2O14. The largest absolute Gasteiger partial charge is 0.508 e. The summed E-state index contributed by atoms with van der Waals surface area (Å²) in [7, 11) is 0. The van der Waals surface area contributed by atoms with Crippen LogP contribution >= 0.6 is 0 Å². The summed E-state index contributed by atoms with van der Waals surface area (Å²) in [6, 6.07) is 24.4. The molecule has 3 heterocycles. The summed E-state index contributed by atoms with van der Waals surface area (Å²) in [5, 5.41) is 24.3. The summed E-state index contributed by atoms with van der Waals surface area (Å²) >= 11 is 0. The maximum absolute atomic E-state index is 14.1. The van der Waals surface area contributed by atoms with Gasteiger partial charge >= 0.3 is 11.6 Å². The van der Waals surface area contributed by atoms with Crippen LogP contribution in [0.5, 0.6) is 34.5 Å². The summed E-state index contributed by atoms with van der Waals surface area (Å²) in [5.41, 5.74) is 1.78. The second kappa shape index (κ2) is 18.6. The minimum Gasteiger partial charge on any atom is -0.508 e. The molecule has 1 atom stereocenters. The predicted octanol–water partition coefficient (Wildman–Crippen LogP) is 7.90. The highest BCUT2D eigenvalue weighted by atomic mass is 16.6. The number of carbonyl (C=O) groups excluding carboxylic acids is 5. The van der Waals surface area contributed by atoms with Crippen LogP contribution in [0, 0.1) is 19.8 Å². The zero-order valence-electron chi connectivity index (χ0n) is 37.1. The maximum Gasteiger partial charge on any atom is 0.349 e. The molecule has 348 valence electrons. The molecule has 0 saturated heterocycles. The molecule has 3 N–H and O–H groups in total. The minimum absolute atomic E-state index is 0.0114. The molecule has 2 aliphatic heterocycles. The summed E-state index contributed by atoms with van der Waals surface area (Å²) in [6.07, 6.45) is 2.67. The zero-order chi connectivity index (χ0) is 47.7. The Kier molecular flexibility index (Phi) is 12.3. The molecule has 1 saturated carbocycles. The Morgan fingerprint density at radius 2 is 1.47 bits per heavy atom. The third kappa shape index (κ3) is 8.67. The molecule has 3 aliphatic rings. The van der Waals surface area contributed by atoms with E-state index in [4.69, 9.17) is 28.1 Å². The van der Waals surface area contributed by atoms with Crippen molar-refractivity contribution in [3.8, 4) is 34.5 Å². The molecule has 0 bridgehead atoms. The molecule has 1 aromatic heterocycles. The van der Waals surface area contributed by atoms with Crippen LogP contribution in [0.4, 0.5) is 5.69 Å². The number of hydrogen-bond acceptors (Lipinski definition) is 15. The lowest BCUT2D eigenvalue weighted by molar-refractivity contribution is -0.128. The van der Waals surface area contributed by atoms with E-state index in [0.29, 0.717) is 100 Å². The third-order valence-electron chi connectivity index (χ3n) is 12.9. The van der Waals surface area contributed by atoms with Crippen LogP contribution in [-0.4, -0.2) is 73.2 Å². The molecule has 16 nitrogen and oxygen atoms in total. The van der Waals surface area contributed by atoms with Gasteiger partial charge in [0.15, 0.2) is 11.4 Å². The van der Waals surface area contributed by atoms with Gasteiger partial charge in [-0.05, 0) is 123 Å². The Labute approximate surface area is 388 Å². The highest BCUT2D eigenvalue weighted by Gasteiger charge is 2.54. The number of fused-ring (bicyclic) bond motifs is 7. The monoisotopic (exact) mass is 922 g/mol. The van der Waals surface area contributed by atoms with Crippen molar-refractivity contribution in [3.63, 3.8) is 0 Å². The van der Waals surface area contributed by atoms with Crippen molar-refractivity contribution in [1.82, 2.24) is 5.32 Å². The standard InChI is InChI=1S/C52H46N2O14/c1-29-19-38(20-30(2)48(29)59)65-37-11-14-42-47(26-37)66-46-25-36(57)10-13-41(46)52(42)43-23-32(6-12-39(43)51(62)68-52)44(58)21-31-3-7-34(8-4-31)53-49(60)40-22-33-5-9-35(24-45(33)67-50(40)61)54(15-17-63-27-55)16-18-64-28-56/h5-6,9-14,19-20,22-28,31,34,57,59H,3-4,7-8,15-18,21H2,1-2H3,(H,53,60). The average Bonchev–Trinajstić information content (AvgIpc) is 3.61. The molecular weight excluding hydrogens is 877 g/mol. The molecule has 68 heavy (non-hydrogen) atoms. The van der Waals surface area contributed by atoms with E-state index >= 15 is 0 Å². The molecule has 1 spiro atoms. The van der Waals surface area contributed by atoms with Gasteiger partial charge in [-0.2, -0.15) is 0 Å². The van der Waals surface area contributed by atoms with Gasteiger partial charge in [0.25, 0.3) is 18.9 Å². The summed E-state index contributed by atoms with van der Waals surface area (Å²) < 4.78 is 34.1. The van der Waals surface area contributed by atoms with Crippen molar-refractivity contribution >= 4 is 47.3 Å². The smallest absolute Gasteiger partial charge is 0.349 e. The van der Waals surface area contributed by atoms with E-state index < -0.39 is 23.1 Å². The van der Waals surface area contributed by atoms with E-state index in [0.717, 1.165) is 0 Å². The van der Waals surface area contributed by atoms with Crippen LogP contribution in [0.25, 0.3) is 11.0 Å². The fourth-order valence-electron chi connectivity index (χ4n) is 9.44. The number of amides is 1. The molecule has 1 amide bonds. The number of nitrogens with one attached hydrogen (secondary N) is 1. The second-order valence-electron chi connectivity index (χ2n) is 17.2. The first-order chi connectivity index (χ1) is 32.8. The van der Waals surface area contributed by atoms with Gasteiger partial charge in [-0.3, -0.25) is 19.2 Å². The summed E-state index contributed by atoms with van der Waals surface area (Å²) in [5.74, 6) is 0.327. The first-order valence-electron chi connectivity index (χ1n) is 22.1. The molecule has 1 fully saturated rings. The van der Waals surface area contributed by atoms with E-state index in [1.54, 1.807) is 91.5 Å². The van der Waals surface area contributed by atoms with Crippen molar-refractivity contribution in [1.29, 1.82) is 0 Å². The number of Topliss-reactive ketones (excluding diaryl/α,β-unsaturated/α-hetero) is 1. The number of rotatable bonds is 16. The Morgan fingerprint density at radius 3 is 2.18 bits per heavy atom. The zero-order valence-corrected chi connectivity index (χ0v) is 37.1. The Hall–Kier alpha value is -8.14. The minimum atomic E-state index is -1.52. The van der Waals surface area contributed by atoms with Crippen molar-refractivity contribution in [2.45, 2.75) is 57.6 Å². The van der Waals surface area contributed by atoms with Crippen molar-refractivity contribution in [2.24, 2.45) is 5.92 Å². The average molecular weight is 923 g/mol. The molecule has 16 heteroatoms. The predicted molar refractivity (Wildman–Crippen MR) is 245 cm³/mol. The van der Waals surface area contributed by atoms with Crippen molar-refractivity contribution < 1.29 is 62.3 Å². The van der Waals surface area contributed by atoms with Gasteiger partial charge in [0.05, 0.1) is 18.7 Å². The number of ketones is 1. The number of carbonyl (C=O) groups is 5. The molecule has 1 unspecified atom stereocenters. The first-order valence-corrected chi connectivity index (χ1v) is 22.1. The van der Waals surface area contributed by atoms with Crippen LogP contribution in [0.1, 0.15) is 91.0 Å². The topological polar surface area (TPSA) is 217 Å². The highest BCUT2D eigenvalue weighted by Crippen LogP contribution is 2.57. The maximum atomic E-state index is 14.1. The quantitative estimate of drug-likeness (QED) is 0.0210. The van der Waals surface area contributed by atoms with E-state index in [-0.39, 0.29) is 84.4 Å². The third-order valence-corrected chi connectivity index (χ3v) is 12.9. The lowest BCUT2D eigenvalue weighted by atomic mass is 9.76.